The number of benzene rings is 1. The van der Waals surface area contributed by atoms with Crippen LogP contribution in [-0.4, -0.2) is 35.2 Å². The Morgan fingerprint density at radius 1 is 0.875 bits per heavy atom. The van der Waals surface area contributed by atoms with Crippen LogP contribution in [0.1, 0.15) is 0 Å². The average Bonchev–Trinajstić information content (AvgIpc) is 2.35. The van der Waals surface area contributed by atoms with Crippen molar-refractivity contribution in [2.45, 2.75) is 0 Å². The van der Waals surface area contributed by atoms with Crippen LogP contribution in [0.25, 0.3) is 0 Å². The van der Waals surface area contributed by atoms with Crippen molar-refractivity contribution in [3.63, 3.8) is 0 Å². The third kappa shape index (κ3) is 2.70. The second-order valence-corrected chi connectivity index (χ2v) is 2.91. The van der Waals surface area contributed by atoms with Crippen molar-refractivity contribution in [3.05, 3.63) is 12.1 Å². The van der Waals surface area contributed by atoms with Crippen LogP contribution >= 0.6 is 0 Å². The van der Waals surface area contributed by atoms with Crippen LogP contribution in [0.5, 0.6) is 23.0 Å². The van der Waals surface area contributed by atoms with Gasteiger partial charge in [-0.05, 0) is 0 Å². The fourth-order valence-electron chi connectivity index (χ4n) is 1.23. The van der Waals surface area contributed by atoms with Gasteiger partial charge in [-0.25, -0.2) is 0 Å². The van der Waals surface area contributed by atoms with Crippen molar-refractivity contribution in [1.29, 1.82) is 0 Å². The number of hydrogen-bond donors (Lipinski definition) is 0. The predicted octanol–water partition coefficient (Wildman–Crippen LogP) is 1.70. The zero-order valence-corrected chi connectivity index (χ0v) is 9.90. The maximum Gasteiger partial charge on any atom is 0.206 e. The Kier molecular flexibility index (Phi) is 4.72. The Bertz CT molecular complexity index is 312. The summed E-state index contributed by atoms with van der Waals surface area (Å²) < 4.78 is 25.7. The molecule has 16 heavy (non-hydrogen) atoms. The summed E-state index contributed by atoms with van der Waals surface area (Å²) in [6.07, 6.45) is 0. The fraction of sp³-hybridized carbons (Fsp3) is 0.455. The molecule has 0 aromatic heterocycles. The lowest BCUT2D eigenvalue weighted by Gasteiger charge is -2.14. The normalized spacial score (nSPS) is 9.75. The summed E-state index contributed by atoms with van der Waals surface area (Å²) in [4.78, 5) is 0. The molecular formula is C11H16O5. The zero-order chi connectivity index (χ0) is 12.0. The molecule has 0 spiro atoms. The topological polar surface area (TPSA) is 46.2 Å². The first-order valence-corrected chi connectivity index (χ1v) is 4.68. The van der Waals surface area contributed by atoms with Gasteiger partial charge in [-0.3, -0.25) is 0 Å². The van der Waals surface area contributed by atoms with Crippen molar-refractivity contribution in [3.8, 4) is 23.0 Å². The van der Waals surface area contributed by atoms with E-state index in [2.05, 4.69) is 0 Å². The molecule has 0 unspecified atom stereocenters. The average molecular weight is 228 g/mol. The molecule has 0 fully saturated rings. The second kappa shape index (κ2) is 6.07. The molecule has 0 aliphatic rings. The Hall–Kier alpha value is -1.62. The Morgan fingerprint density at radius 3 is 1.81 bits per heavy atom. The van der Waals surface area contributed by atoms with Gasteiger partial charge in [-0.15, -0.1) is 0 Å². The molecule has 0 aliphatic heterocycles. The highest BCUT2D eigenvalue weighted by atomic mass is 16.7. The lowest BCUT2D eigenvalue weighted by molar-refractivity contribution is 0.0470. The molecule has 0 N–H and O–H groups in total. The highest BCUT2D eigenvalue weighted by molar-refractivity contribution is 5.55. The van der Waals surface area contributed by atoms with Crippen LogP contribution in [0, 0.1) is 0 Å². The van der Waals surface area contributed by atoms with Crippen LogP contribution < -0.4 is 18.9 Å². The molecule has 0 amide bonds. The van der Waals surface area contributed by atoms with Crippen molar-refractivity contribution >= 4 is 0 Å². The Balaban J connectivity index is 3.09. The Labute approximate surface area is 94.8 Å². The van der Waals surface area contributed by atoms with Gasteiger partial charge in [0.2, 0.25) is 5.75 Å². The molecule has 5 nitrogen and oxygen atoms in total. The van der Waals surface area contributed by atoms with Crippen LogP contribution in [0.15, 0.2) is 12.1 Å². The van der Waals surface area contributed by atoms with E-state index < -0.39 is 0 Å². The second-order valence-electron chi connectivity index (χ2n) is 2.91. The fourth-order valence-corrected chi connectivity index (χ4v) is 1.23. The van der Waals surface area contributed by atoms with E-state index in [0.29, 0.717) is 23.0 Å². The molecule has 1 aromatic carbocycles. The van der Waals surface area contributed by atoms with E-state index in [1.54, 1.807) is 40.6 Å². The minimum Gasteiger partial charge on any atom is -0.496 e. The highest BCUT2D eigenvalue weighted by Gasteiger charge is 2.14. The first kappa shape index (κ1) is 12.4. The summed E-state index contributed by atoms with van der Waals surface area (Å²) in [5, 5.41) is 0. The van der Waals surface area contributed by atoms with E-state index in [4.69, 9.17) is 23.7 Å². The van der Waals surface area contributed by atoms with Gasteiger partial charge < -0.3 is 23.7 Å². The molecule has 0 aliphatic carbocycles. The van der Waals surface area contributed by atoms with Gasteiger partial charge in [0.25, 0.3) is 0 Å². The molecular weight excluding hydrogens is 212 g/mol. The lowest BCUT2D eigenvalue weighted by atomic mass is 10.2. The van der Waals surface area contributed by atoms with Crippen molar-refractivity contribution < 1.29 is 23.7 Å². The van der Waals surface area contributed by atoms with Crippen LogP contribution in [0.4, 0.5) is 0 Å². The molecule has 0 saturated heterocycles. The molecule has 5 heteroatoms. The van der Waals surface area contributed by atoms with Gasteiger partial charge >= 0.3 is 0 Å². The predicted molar refractivity (Wildman–Crippen MR) is 58.6 cm³/mol. The van der Waals surface area contributed by atoms with E-state index in [1.165, 1.54) is 0 Å². The molecule has 0 saturated carbocycles. The minimum absolute atomic E-state index is 0.124. The molecule has 0 atom stereocenters. The molecule has 0 radical (unpaired) electrons. The van der Waals surface area contributed by atoms with E-state index >= 15 is 0 Å². The standard InChI is InChI=1S/C11H16O5/c1-12-7-16-11-9(14-3)5-8(13-2)6-10(11)15-4/h5-6H,7H2,1-4H3. The molecule has 0 bridgehead atoms. The summed E-state index contributed by atoms with van der Waals surface area (Å²) in [5.41, 5.74) is 0. The van der Waals surface area contributed by atoms with Crippen molar-refractivity contribution in [2.24, 2.45) is 0 Å². The third-order valence-corrected chi connectivity index (χ3v) is 1.99. The molecule has 0 heterocycles. The SMILES string of the molecule is COCOc1c(OC)cc(OC)cc1OC. The van der Waals surface area contributed by atoms with Gasteiger partial charge in [-0.1, -0.05) is 0 Å². The van der Waals surface area contributed by atoms with Crippen LogP contribution in [0.2, 0.25) is 0 Å². The van der Waals surface area contributed by atoms with E-state index in [1.807, 2.05) is 0 Å². The van der Waals surface area contributed by atoms with E-state index in [9.17, 15) is 0 Å². The number of ether oxygens (including phenoxy) is 5. The van der Waals surface area contributed by atoms with E-state index in [0.717, 1.165) is 0 Å². The van der Waals surface area contributed by atoms with Crippen LogP contribution in [-0.2, 0) is 4.74 Å². The number of methoxy groups -OCH3 is 4. The molecule has 1 aromatic rings. The maximum atomic E-state index is 5.37. The highest BCUT2D eigenvalue weighted by Crippen LogP contribution is 2.40. The van der Waals surface area contributed by atoms with Gasteiger partial charge in [0.1, 0.15) is 5.75 Å². The largest absolute Gasteiger partial charge is 0.496 e. The summed E-state index contributed by atoms with van der Waals surface area (Å²) in [7, 11) is 6.22. The van der Waals surface area contributed by atoms with Gasteiger partial charge in [0, 0.05) is 19.2 Å². The van der Waals surface area contributed by atoms with Crippen molar-refractivity contribution in [1.82, 2.24) is 0 Å². The van der Waals surface area contributed by atoms with Gasteiger partial charge in [0.05, 0.1) is 21.3 Å². The quantitative estimate of drug-likeness (QED) is 0.693. The maximum absolute atomic E-state index is 5.37. The summed E-state index contributed by atoms with van der Waals surface area (Å²) in [6.45, 7) is 0.124. The minimum atomic E-state index is 0.124. The summed E-state index contributed by atoms with van der Waals surface area (Å²) in [6, 6.07) is 3.43. The van der Waals surface area contributed by atoms with Crippen LogP contribution in [0.3, 0.4) is 0 Å². The van der Waals surface area contributed by atoms with Gasteiger partial charge in [0.15, 0.2) is 18.3 Å². The summed E-state index contributed by atoms with van der Waals surface area (Å²) in [5.74, 6) is 2.20. The summed E-state index contributed by atoms with van der Waals surface area (Å²) >= 11 is 0. The molecule has 1 rings (SSSR count). The van der Waals surface area contributed by atoms with E-state index in [-0.39, 0.29) is 6.79 Å². The van der Waals surface area contributed by atoms with Crippen molar-refractivity contribution in [2.75, 3.05) is 35.2 Å². The number of hydrogen-bond acceptors (Lipinski definition) is 5. The number of rotatable bonds is 6. The first-order valence-electron chi connectivity index (χ1n) is 4.68. The molecule has 90 valence electrons. The zero-order valence-electron chi connectivity index (χ0n) is 9.90. The smallest absolute Gasteiger partial charge is 0.206 e. The third-order valence-electron chi connectivity index (χ3n) is 1.99. The Morgan fingerprint density at radius 2 is 1.44 bits per heavy atom. The monoisotopic (exact) mass is 228 g/mol. The lowest BCUT2D eigenvalue weighted by Crippen LogP contribution is -2.03. The van der Waals surface area contributed by atoms with Gasteiger partial charge in [-0.2, -0.15) is 0 Å². The first-order chi connectivity index (χ1) is 7.76.